The summed E-state index contributed by atoms with van der Waals surface area (Å²) in [6.45, 7) is 6.75. The van der Waals surface area contributed by atoms with E-state index in [-0.39, 0.29) is 11.8 Å². The molecule has 28 heavy (non-hydrogen) atoms. The fourth-order valence-electron chi connectivity index (χ4n) is 3.32. The van der Waals surface area contributed by atoms with Crippen molar-refractivity contribution >= 4 is 44.1 Å². The molecule has 0 saturated carbocycles. The van der Waals surface area contributed by atoms with E-state index in [1.807, 2.05) is 6.07 Å². The van der Waals surface area contributed by atoms with E-state index in [0.717, 1.165) is 3.78 Å². The van der Waals surface area contributed by atoms with Crippen LogP contribution in [0.15, 0.2) is 37.8 Å². The van der Waals surface area contributed by atoms with Crippen molar-refractivity contribution in [1.29, 1.82) is 0 Å². The Balaban J connectivity index is 0.000000362. The Morgan fingerprint density at radius 1 is 0.964 bits per heavy atom. The molecule has 2 heterocycles. The minimum absolute atomic E-state index is 0.0538. The average molecular weight is 566 g/mol. The van der Waals surface area contributed by atoms with Crippen LogP contribution >= 0.6 is 15.9 Å². The SMILES string of the molecule is CCC[CH2][Sn]([CH2]CCC)([CH2]CCC)[c]1ccc(F)o1.O=C(O)c1ccc(Br)o1. The molecular formula is C21H32BrFO4Sn. The topological polar surface area (TPSA) is 63.6 Å². The van der Waals surface area contributed by atoms with E-state index in [1.165, 1.54) is 70.0 Å². The zero-order valence-corrected chi connectivity index (χ0v) is 21.5. The number of aromatic carboxylic acids is 1. The number of hydrogen-bond donors (Lipinski definition) is 1. The van der Waals surface area contributed by atoms with Gasteiger partial charge in [0, 0.05) is 0 Å². The summed E-state index contributed by atoms with van der Waals surface area (Å²) in [4.78, 5) is 10.1. The van der Waals surface area contributed by atoms with E-state index in [1.54, 1.807) is 0 Å². The summed E-state index contributed by atoms with van der Waals surface area (Å²) in [7, 11) is 0. The first-order valence-electron chi connectivity index (χ1n) is 10.1. The fourth-order valence-corrected chi connectivity index (χ4v) is 18.8. The Labute approximate surface area is 179 Å². The zero-order chi connectivity index (χ0) is 21.0. The van der Waals surface area contributed by atoms with Gasteiger partial charge >= 0.3 is 128 Å². The van der Waals surface area contributed by atoms with Crippen molar-refractivity contribution < 1.29 is 23.1 Å². The minimum atomic E-state index is -2.48. The van der Waals surface area contributed by atoms with Crippen LogP contribution in [0.1, 0.15) is 69.9 Å². The number of carboxylic acids is 1. The number of unbranched alkanes of at least 4 members (excludes halogenated alkanes) is 3. The molecule has 0 unspecified atom stereocenters. The van der Waals surface area contributed by atoms with Crippen LogP contribution in [0.2, 0.25) is 13.3 Å². The number of carboxylic acid groups (broad SMARTS) is 1. The Bertz CT molecular complexity index is 676. The average Bonchev–Trinajstić information content (AvgIpc) is 3.31. The van der Waals surface area contributed by atoms with Crippen LogP contribution in [-0.4, -0.2) is 29.5 Å². The normalized spacial score (nSPS) is 11.2. The molecule has 2 aromatic heterocycles. The van der Waals surface area contributed by atoms with E-state index in [2.05, 4.69) is 41.1 Å². The monoisotopic (exact) mass is 566 g/mol. The molecule has 1 N–H and O–H groups in total. The molecule has 7 heteroatoms. The van der Waals surface area contributed by atoms with Crippen LogP contribution in [0, 0.1) is 6.01 Å². The molecule has 2 aromatic rings. The standard InChI is InChI=1S/C5H3BrO3.C4H2FO.3C4H9.Sn/c6-4-2-1-3(9-4)5(7)8;5-4-2-1-3-6-4;3*1-3-4-2;/h1-2H,(H,7,8);1-2H;3*1,3-4H2,2H3;. The van der Waals surface area contributed by atoms with Gasteiger partial charge in [-0.1, -0.05) is 0 Å². The van der Waals surface area contributed by atoms with Crippen LogP contribution in [0.25, 0.3) is 0 Å². The fraction of sp³-hybridized carbons (Fsp3) is 0.571. The Kier molecular flexibility index (Phi) is 12.2. The molecule has 2 rings (SSSR count). The summed E-state index contributed by atoms with van der Waals surface area (Å²) in [5, 5.41) is 8.28. The Morgan fingerprint density at radius 2 is 1.50 bits per heavy atom. The summed E-state index contributed by atoms with van der Waals surface area (Å²) in [6.07, 6.45) is 7.56. The van der Waals surface area contributed by atoms with Crippen molar-refractivity contribution in [2.45, 2.75) is 72.6 Å². The molecule has 0 atom stereocenters. The van der Waals surface area contributed by atoms with Crippen molar-refractivity contribution in [3.8, 4) is 0 Å². The van der Waals surface area contributed by atoms with Crippen LogP contribution in [0.3, 0.4) is 0 Å². The maximum atomic E-state index is 13.3. The van der Waals surface area contributed by atoms with Gasteiger partial charge in [-0.15, -0.1) is 0 Å². The first-order chi connectivity index (χ1) is 13.4. The minimum Gasteiger partial charge on any atom is -0.475 e. The van der Waals surface area contributed by atoms with E-state index in [4.69, 9.17) is 9.52 Å². The predicted molar refractivity (Wildman–Crippen MR) is 117 cm³/mol. The number of carbonyl (C=O) groups is 1. The second kappa shape index (κ2) is 13.5. The summed E-state index contributed by atoms with van der Waals surface area (Å²) >= 11 is 0.489. The largest absolute Gasteiger partial charge is 0.475 e. The van der Waals surface area contributed by atoms with E-state index < -0.39 is 24.3 Å². The van der Waals surface area contributed by atoms with Gasteiger partial charge < -0.3 is 9.52 Å². The molecular weight excluding hydrogens is 534 g/mol. The summed E-state index contributed by atoms with van der Waals surface area (Å²) < 4.78 is 28.9. The molecule has 0 aliphatic heterocycles. The van der Waals surface area contributed by atoms with Gasteiger partial charge in [-0.3, -0.25) is 0 Å². The summed E-state index contributed by atoms with van der Waals surface area (Å²) in [5.41, 5.74) is 0. The van der Waals surface area contributed by atoms with Crippen molar-refractivity contribution in [2.24, 2.45) is 0 Å². The quantitative estimate of drug-likeness (QED) is 0.292. The molecule has 0 amide bonds. The van der Waals surface area contributed by atoms with Gasteiger partial charge in [0.15, 0.2) is 4.67 Å². The molecule has 0 saturated heterocycles. The van der Waals surface area contributed by atoms with Gasteiger partial charge in [0.2, 0.25) is 5.76 Å². The zero-order valence-electron chi connectivity index (χ0n) is 17.1. The van der Waals surface area contributed by atoms with Gasteiger partial charge in [0.25, 0.3) is 0 Å². The van der Waals surface area contributed by atoms with E-state index in [0.29, 0.717) is 4.67 Å². The predicted octanol–water partition coefficient (Wildman–Crippen LogP) is 7.22. The molecule has 0 aliphatic rings. The van der Waals surface area contributed by atoms with Crippen LogP contribution < -0.4 is 3.78 Å². The molecule has 0 fully saturated rings. The van der Waals surface area contributed by atoms with Gasteiger partial charge in [0.1, 0.15) is 0 Å². The van der Waals surface area contributed by atoms with Crippen LogP contribution in [0.4, 0.5) is 4.39 Å². The van der Waals surface area contributed by atoms with Gasteiger partial charge in [-0.05, 0) is 28.1 Å². The number of hydrogen-bond acceptors (Lipinski definition) is 3. The maximum absolute atomic E-state index is 13.3. The Morgan fingerprint density at radius 3 is 1.79 bits per heavy atom. The first-order valence-corrected chi connectivity index (χ1v) is 18.4. The Hall–Kier alpha value is -0.761. The van der Waals surface area contributed by atoms with Gasteiger partial charge in [-0.25, -0.2) is 4.79 Å². The van der Waals surface area contributed by atoms with Gasteiger partial charge in [-0.2, -0.15) is 0 Å². The molecule has 0 bridgehead atoms. The molecule has 0 aliphatic carbocycles. The number of rotatable bonds is 11. The second-order valence-corrected chi connectivity index (χ2v) is 20.9. The first kappa shape index (κ1) is 25.3. The van der Waals surface area contributed by atoms with Crippen molar-refractivity contribution in [3.63, 3.8) is 0 Å². The molecule has 0 aromatic carbocycles. The van der Waals surface area contributed by atoms with Crippen LogP contribution in [-0.2, 0) is 0 Å². The van der Waals surface area contributed by atoms with Crippen LogP contribution in [0.5, 0.6) is 0 Å². The third kappa shape index (κ3) is 8.31. The summed E-state index contributed by atoms with van der Waals surface area (Å²) in [5.74, 6) is -1.11. The second-order valence-electron chi connectivity index (χ2n) is 7.10. The molecule has 0 spiro atoms. The maximum Gasteiger partial charge on any atom is 0.371 e. The smallest absolute Gasteiger partial charge is 0.371 e. The van der Waals surface area contributed by atoms with E-state index in [9.17, 15) is 9.18 Å². The van der Waals surface area contributed by atoms with Crippen molar-refractivity contribution in [3.05, 3.63) is 40.7 Å². The van der Waals surface area contributed by atoms with Crippen molar-refractivity contribution in [1.82, 2.24) is 0 Å². The molecule has 158 valence electrons. The van der Waals surface area contributed by atoms with Gasteiger partial charge in [0.05, 0.1) is 0 Å². The third-order valence-corrected chi connectivity index (χ3v) is 20.3. The van der Waals surface area contributed by atoms with E-state index >= 15 is 0 Å². The molecule has 0 radical (unpaired) electrons. The number of halogens is 2. The molecule has 4 nitrogen and oxygen atoms in total. The third-order valence-electron chi connectivity index (χ3n) is 4.91. The van der Waals surface area contributed by atoms with Crippen molar-refractivity contribution in [2.75, 3.05) is 0 Å². The number of furan rings is 2. The summed E-state index contributed by atoms with van der Waals surface area (Å²) in [6, 6.07) is 5.99.